The van der Waals surface area contributed by atoms with Crippen LogP contribution in [0.4, 0.5) is 4.79 Å². The van der Waals surface area contributed by atoms with E-state index in [0.29, 0.717) is 6.42 Å². The van der Waals surface area contributed by atoms with Crippen LogP contribution < -0.4 is 0 Å². The Balaban J connectivity index is 2.91. The Bertz CT molecular complexity index is 257. The molecule has 4 nitrogen and oxygen atoms in total. The van der Waals surface area contributed by atoms with Crippen LogP contribution in [0.5, 0.6) is 0 Å². The Morgan fingerprint density at radius 3 is 2.33 bits per heavy atom. The van der Waals surface area contributed by atoms with Crippen LogP contribution in [-0.2, 0) is 4.74 Å². The van der Waals surface area contributed by atoms with E-state index in [1.165, 1.54) is 0 Å². The van der Waals surface area contributed by atoms with Gasteiger partial charge in [0.2, 0.25) is 0 Å². The molecule has 0 spiro atoms. The molecule has 0 aromatic rings. The lowest BCUT2D eigenvalue weighted by Crippen LogP contribution is -2.47. The highest BCUT2D eigenvalue weighted by atomic mass is 16.7. The zero-order valence-electron chi connectivity index (χ0n) is 9.78. The Kier molecular flexibility index (Phi) is 3.01. The molecule has 0 radical (unpaired) electrons. The highest BCUT2D eigenvalue weighted by Crippen LogP contribution is 2.52. The fourth-order valence-electron chi connectivity index (χ4n) is 2.57. The first-order chi connectivity index (χ1) is 6.73. The molecule has 3 unspecified atom stereocenters. The van der Waals surface area contributed by atoms with Crippen molar-refractivity contribution in [2.75, 3.05) is 0 Å². The zero-order chi connectivity index (χ0) is 11.9. The molecule has 0 aromatic carbocycles. The van der Waals surface area contributed by atoms with Crippen LogP contribution in [0.1, 0.15) is 40.5 Å². The standard InChI is InChI=1S/C11H20O4/c1-5-7-6-8(15-9(12)13)11(4,14)10(7,2)3/h7-8,14H,5-6H2,1-4H3,(H,12,13). The van der Waals surface area contributed by atoms with E-state index in [0.717, 1.165) is 6.42 Å². The van der Waals surface area contributed by atoms with Crippen LogP contribution in [0.25, 0.3) is 0 Å². The third-order valence-corrected chi connectivity index (χ3v) is 4.19. The Morgan fingerprint density at radius 2 is 2.00 bits per heavy atom. The van der Waals surface area contributed by atoms with E-state index in [1.807, 2.05) is 20.8 Å². The summed E-state index contributed by atoms with van der Waals surface area (Å²) in [4.78, 5) is 10.5. The summed E-state index contributed by atoms with van der Waals surface area (Å²) in [5.74, 6) is 0.289. The maximum absolute atomic E-state index is 10.5. The monoisotopic (exact) mass is 216 g/mol. The number of aliphatic hydroxyl groups is 1. The number of ether oxygens (including phenoxy) is 1. The molecule has 0 saturated heterocycles. The summed E-state index contributed by atoms with van der Waals surface area (Å²) in [6, 6.07) is 0. The van der Waals surface area contributed by atoms with E-state index < -0.39 is 17.9 Å². The molecule has 1 fully saturated rings. The van der Waals surface area contributed by atoms with E-state index >= 15 is 0 Å². The van der Waals surface area contributed by atoms with Gasteiger partial charge in [-0.2, -0.15) is 0 Å². The van der Waals surface area contributed by atoms with Gasteiger partial charge >= 0.3 is 6.16 Å². The van der Waals surface area contributed by atoms with Crippen LogP contribution in [0.15, 0.2) is 0 Å². The lowest BCUT2D eigenvalue weighted by atomic mass is 9.72. The summed E-state index contributed by atoms with van der Waals surface area (Å²) in [7, 11) is 0. The van der Waals surface area contributed by atoms with Crippen LogP contribution in [0.2, 0.25) is 0 Å². The van der Waals surface area contributed by atoms with E-state index in [9.17, 15) is 9.90 Å². The molecule has 0 heterocycles. The summed E-state index contributed by atoms with van der Waals surface area (Å²) in [5, 5.41) is 18.9. The molecule has 0 aliphatic heterocycles. The molecule has 4 heteroatoms. The Hall–Kier alpha value is -0.770. The van der Waals surface area contributed by atoms with Crippen molar-refractivity contribution in [3.05, 3.63) is 0 Å². The molecule has 0 aromatic heterocycles. The van der Waals surface area contributed by atoms with Crippen LogP contribution in [-0.4, -0.2) is 28.1 Å². The summed E-state index contributed by atoms with van der Waals surface area (Å²) in [5.41, 5.74) is -1.41. The number of carbonyl (C=O) groups is 1. The predicted octanol–water partition coefficient (Wildman–Crippen LogP) is 2.26. The van der Waals surface area contributed by atoms with E-state index in [-0.39, 0.29) is 11.3 Å². The van der Waals surface area contributed by atoms with Gasteiger partial charge in [-0.05, 0) is 24.7 Å². The van der Waals surface area contributed by atoms with Crippen molar-refractivity contribution >= 4 is 6.16 Å². The zero-order valence-corrected chi connectivity index (χ0v) is 9.78. The largest absolute Gasteiger partial charge is 0.506 e. The smallest absolute Gasteiger partial charge is 0.450 e. The Labute approximate surface area is 90.2 Å². The highest BCUT2D eigenvalue weighted by Gasteiger charge is 2.57. The molecule has 0 bridgehead atoms. The first-order valence-electron chi connectivity index (χ1n) is 5.35. The minimum atomic E-state index is -1.31. The molecule has 1 saturated carbocycles. The van der Waals surface area contributed by atoms with Gasteiger partial charge < -0.3 is 14.9 Å². The number of carboxylic acid groups (broad SMARTS) is 1. The average Bonchev–Trinajstić information content (AvgIpc) is 2.24. The summed E-state index contributed by atoms with van der Waals surface area (Å²) in [6.45, 7) is 7.64. The molecular formula is C11H20O4. The van der Waals surface area contributed by atoms with Crippen molar-refractivity contribution in [2.24, 2.45) is 11.3 Å². The van der Waals surface area contributed by atoms with Crippen molar-refractivity contribution in [3.8, 4) is 0 Å². The van der Waals surface area contributed by atoms with Gasteiger partial charge in [-0.25, -0.2) is 4.79 Å². The van der Waals surface area contributed by atoms with Gasteiger partial charge in [-0.15, -0.1) is 0 Å². The van der Waals surface area contributed by atoms with Crippen molar-refractivity contribution in [1.29, 1.82) is 0 Å². The van der Waals surface area contributed by atoms with Gasteiger partial charge in [0.25, 0.3) is 0 Å². The topological polar surface area (TPSA) is 66.8 Å². The van der Waals surface area contributed by atoms with Crippen molar-refractivity contribution in [2.45, 2.75) is 52.2 Å². The molecule has 15 heavy (non-hydrogen) atoms. The predicted molar refractivity (Wildman–Crippen MR) is 55.7 cm³/mol. The molecular weight excluding hydrogens is 196 g/mol. The van der Waals surface area contributed by atoms with Gasteiger partial charge in [0.15, 0.2) is 0 Å². The summed E-state index contributed by atoms with van der Waals surface area (Å²) < 4.78 is 4.76. The van der Waals surface area contributed by atoms with Gasteiger partial charge in [0.1, 0.15) is 11.7 Å². The normalized spacial score (nSPS) is 39.0. The maximum Gasteiger partial charge on any atom is 0.506 e. The second kappa shape index (κ2) is 3.67. The highest BCUT2D eigenvalue weighted by molar-refractivity contribution is 5.57. The third kappa shape index (κ3) is 1.83. The number of rotatable bonds is 2. The van der Waals surface area contributed by atoms with Crippen molar-refractivity contribution in [3.63, 3.8) is 0 Å². The second-order valence-corrected chi connectivity index (χ2v) is 5.08. The summed E-state index contributed by atoms with van der Waals surface area (Å²) in [6.07, 6.45) is -0.409. The van der Waals surface area contributed by atoms with Gasteiger partial charge in [-0.3, -0.25) is 0 Å². The minimum Gasteiger partial charge on any atom is -0.450 e. The van der Waals surface area contributed by atoms with E-state index in [1.54, 1.807) is 6.92 Å². The second-order valence-electron chi connectivity index (χ2n) is 5.08. The van der Waals surface area contributed by atoms with E-state index in [2.05, 4.69) is 0 Å². The molecule has 0 amide bonds. The van der Waals surface area contributed by atoms with Crippen molar-refractivity contribution < 1.29 is 19.7 Å². The fraction of sp³-hybridized carbons (Fsp3) is 0.909. The van der Waals surface area contributed by atoms with Crippen molar-refractivity contribution in [1.82, 2.24) is 0 Å². The summed E-state index contributed by atoms with van der Waals surface area (Å²) >= 11 is 0. The average molecular weight is 216 g/mol. The molecule has 3 atom stereocenters. The van der Waals surface area contributed by atoms with Gasteiger partial charge in [-0.1, -0.05) is 27.2 Å². The SMILES string of the molecule is CCC1CC(OC(=O)O)C(C)(O)C1(C)C. The number of hydrogen-bond donors (Lipinski definition) is 2. The van der Waals surface area contributed by atoms with E-state index in [4.69, 9.17) is 9.84 Å². The quantitative estimate of drug-likeness (QED) is 0.695. The Morgan fingerprint density at radius 1 is 1.47 bits per heavy atom. The molecule has 1 aliphatic rings. The molecule has 2 N–H and O–H groups in total. The third-order valence-electron chi connectivity index (χ3n) is 4.19. The first kappa shape index (κ1) is 12.3. The van der Waals surface area contributed by atoms with Gasteiger partial charge in [0, 0.05) is 0 Å². The fourth-order valence-corrected chi connectivity index (χ4v) is 2.57. The number of hydrogen-bond acceptors (Lipinski definition) is 3. The molecule has 88 valence electrons. The lowest BCUT2D eigenvalue weighted by Gasteiger charge is -2.38. The minimum absolute atomic E-state index is 0.289. The van der Waals surface area contributed by atoms with Crippen LogP contribution in [0, 0.1) is 11.3 Å². The van der Waals surface area contributed by atoms with Crippen LogP contribution in [0.3, 0.4) is 0 Å². The molecule has 1 aliphatic carbocycles. The van der Waals surface area contributed by atoms with Gasteiger partial charge in [0.05, 0.1) is 0 Å². The first-order valence-corrected chi connectivity index (χ1v) is 5.35. The maximum atomic E-state index is 10.5. The van der Waals surface area contributed by atoms with Crippen LogP contribution >= 0.6 is 0 Å². The lowest BCUT2D eigenvalue weighted by molar-refractivity contribution is -0.112. The molecule has 1 rings (SSSR count).